The Morgan fingerprint density at radius 3 is 1.33 bits per heavy atom. The Balaban J connectivity index is 1.33. The quantitative estimate of drug-likeness (QED) is 0.139. The van der Waals surface area contributed by atoms with Crippen molar-refractivity contribution < 1.29 is 0 Å². The zero-order chi connectivity index (χ0) is 31.6. The molecule has 5 aromatic carbocycles. The SMILES string of the molecule is c1ccc(CNc2cccc3c4[nH]c(c23)N=c2[nH]c(c3ccccc23)=Nc2[nH]c(c3ccccc23)N=c2[nH]c(c3ccccc23)=N4)cc1. The molecule has 10 rings (SSSR count). The van der Waals surface area contributed by atoms with Crippen LogP contribution in [0, 0.1) is 0 Å². The molecule has 0 fully saturated rings. The van der Waals surface area contributed by atoms with Crippen LogP contribution in [-0.2, 0) is 6.54 Å². The number of nitrogens with one attached hydrogen (secondary N) is 5. The van der Waals surface area contributed by atoms with Crippen molar-refractivity contribution >= 4 is 72.0 Å². The summed E-state index contributed by atoms with van der Waals surface area (Å²) in [4.78, 5) is 34.9. The first kappa shape index (κ1) is 26.5. The van der Waals surface area contributed by atoms with Gasteiger partial charge in [0, 0.05) is 49.9 Å². The highest BCUT2D eigenvalue weighted by Crippen LogP contribution is 2.39. The van der Waals surface area contributed by atoms with E-state index in [9.17, 15) is 0 Å². The number of nitrogens with zero attached hydrogens (tertiary/aromatic N) is 4. The predicted molar refractivity (Wildman–Crippen MR) is 190 cm³/mol. The molecule has 1 aliphatic heterocycles. The average Bonchev–Trinajstić information content (AvgIpc) is 3.87. The second-order valence-corrected chi connectivity index (χ2v) is 11.9. The predicted octanol–water partition coefficient (Wildman–Crippen LogP) is 7.34. The van der Waals surface area contributed by atoms with Gasteiger partial charge in [-0.15, -0.1) is 0 Å². The normalized spacial score (nSPS) is 12.5. The molecule has 0 amide bonds. The van der Waals surface area contributed by atoms with Crippen LogP contribution in [0.2, 0.25) is 0 Å². The molecule has 0 saturated carbocycles. The minimum atomic E-state index is 0.670. The van der Waals surface area contributed by atoms with Gasteiger partial charge in [-0.25, -0.2) is 20.0 Å². The number of benzene rings is 5. The fourth-order valence-corrected chi connectivity index (χ4v) is 6.76. The number of rotatable bonds is 3. The summed E-state index contributed by atoms with van der Waals surface area (Å²) in [7, 11) is 0. The number of hydrogen-bond donors (Lipinski definition) is 5. The standard InChI is InChI=1S/C39H27N9/c1-2-11-22(12-3-1)21-40-30-20-10-19-29-31(30)39-47-37-28-18-9-8-17-27(28)35(45-37)43-33-24-14-5-4-13-23(24)32(41-33)42-34-25-15-6-7-16-26(25)36(44-34)46-38(29)48-39/h1-20,40H,21H2,(H4,41,42,43,44,45,46,47,48). The van der Waals surface area contributed by atoms with Gasteiger partial charge in [0.2, 0.25) is 0 Å². The van der Waals surface area contributed by atoms with E-state index in [1.54, 1.807) is 0 Å². The molecule has 4 aromatic heterocycles. The Kier molecular flexibility index (Phi) is 5.73. The van der Waals surface area contributed by atoms with Crippen molar-refractivity contribution in [3.8, 4) is 0 Å². The maximum Gasteiger partial charge on any atom is 0.144 e. The molecule has 9 nitrogen and oxygen atoms in total. The van der Waals surface area contributed by atoms with Gasteiger partial charge < -0.3 is 25.3 Å². The van der Waals surface area contributed by atoms with Crippen molar-refractivity contribution in [3.63, 3.8) is 0 Å². The molecule has 0 unspecified atom stereocenters. The fraction of sp³-hybridized carbons (Fsp3) is 0.0256. The molecule has 9 aromatic rings. The molecular formula is C39H27N9. The summed E-state index contributed by atoms with van der Waals surface area (Å²) >= 11 is 0. The van der Waals surface area contributed by atoms with E-state index < -0.39 is 0 Å². The van der Waals surface area contributed by atoms with E-state index in [-0.39, 0.29) is 0 Å². The van der Waals surface area contributed by atoms with Crippen LogP contribution >= 0.6 is 0 Å². The summed E-state index contributed by atoms with van der Waals surface area (Å²) in [6, 6.07) is 41.2. The van der Waals surface area contributed by atoms with Gasteiger partial charge in [0.05, 0.1) is 5.39 Å². The summed E-state index contributed by atoms with van der Waals surface area (Å²) < 4.78 is 0. The van der Waals surface area contributed by atoms with E-state index in [4.69, 9.17) is 20.0 Å². The molecule has 8 bridgehead atoms. The first-order chi connectivity index (χ1) is 23.8. The number of aromatic amines is 4. The molecule has 0 radical (unpaired) electrons. The Morgan fingerprint density at radius 2 is 0.792 bits per heavy atom. The van der Waals surface area contributed by atoms with E-state index >= 15 is 0 Å². The molecule has 228 valence electrons. The van der Waals surface area contributed by atoms with Crippen LogP contribution in [0.1, 0.15) is 5.56 Å². The lowest BCUT2D eigenvalue weighted by Gasteiger charge is -2.08. The topological polar surface area (TPSA) is 125 Å². The van der Waals surface area contributed by atoms with E-state index in [1.807, 2.05) is 42.5 Å². The summed E-state index contributed by atoms with van der Waals surface area (Å²) in [5.41, 5.74) is 5.00. The second kappa shape index (κ2) is 10.4. The minimum absolute atomic E-state index is 0.670. The molecule has 5 heterocycles. The van der Waals surface area contributed by atoms with Gasteiger partial charge in [-0.1, -0.05) is 115 Å². The van der Waals surface area contributed by atoms with Crippen molar-refractivity contribution in [1.82, 2.24) is 19.9 Å². The van der Waals surface area contributed by atoms with Gasteiger partial charge in [0.1, 0.15) is 45.2 Å². The van der Waals surface area contributed by atoms with Crippen molar-refractivity contribution in [3.05, 3.63) is 149 Å². The molecule has 0 saturated heterocycles. The van der Waals surface area contributed by atoms with Crippen LogP contribution in [0.4, 0.5) is 29.0 Å². The summed E-state index contributed by atoms with van der Waals surface area (Å²) in [6.45, 7) is 0.670. The maximum atomic E-state index is 5.26. The van der Waals surface area contributed by atoms with Crippen molar-refractivity contribution in [2.45, 2.75) is 6.54 Å². The van der Waals surface area contributed by atoms with Gasteiger partial charge in [-0.2, -0.15) is 0 Å². The first-order valence-corrected chi connectivity index (χ1v) is 15.9. The first-order valence-electron chi connectivity index (χ1n) is 15.9. The van der Waals surface area contributed by atoms with Crippen LogP contribution in [0.15, 0.2) is 141 Å². The molecule has 0 aliphatic carbocycles. The summed E-state index contributed by atoms with van der Waals surface area (Å²) in [5, 5.41) is 11.4. The number of anilines is 1. The van der Waals surface area contributed by atoms with Gasteiger partial charge in [0.25, 0.3) is 0 Å². The Hall–Kier alpha value is -6.74. The zero-order valence-corrected chi connectivity index (χ0v) is 25.5. The Bertz CT molecular complexity index is 2950. The monoisotopic (exact) mass is 621 g/mol. The van der Waals surface area contributed by atoms with Crippen LogP contribution in [0.25, 0.3) is 43.1 Å². The number of aromatic nitrogens is 4. The highest BCUT2D eigenvalue weighted by atomic mass is 15.1. The van der Waals surface area contributed by atoms with Gasteiger partial charge >= 0.3 is 0 Å². The molecule has 5 N–H and O–H groups in total. The number of H-pyrrole nitrogens is 4. The average molecular weight is 622 g/mol. The van der Waals surface area contributed by atoms with E-state index in [1.165, 1.54) is 5.56 Å². The van der Waals surface area contributed by atoms with Crippen LogP contribution in [-0.4, -0.2) is 19.9 Å². The lowest BCUT2D eigenvalue weighted by atomic mass is 10.1. The molecular weight excluding hydrogens is 594 g/mol. The molecule has 48 heavy (non-hydrogen) atoms. The van der Waals surface area contributed by atoms with Crippen LogP contribution in [0.3, 0.4) is 0 Å². The fourth-order valence-electron chi connectivity index (χ4n) is 6.76. The molecule has 0 atom stereocenters. The third-order valence-corrected chi connectivity index (χ3v) is 9.04. The molecule has 9 heteroatoms. The lowest BCUT2D eigenvalue weighted by molar-refractivity contribution is 1.08. The third-order valence-electron chi connectivity index (χ3n) is 9.04. The van der Waals surface area contributed by atoms with Gasteiger partial charge in [0.15, 0.2) is 0 Å². The second-order valence-electron chi connectivity index (χ2n) is 11.9. The highest BCUT2D eigenvalue weighted by Gasteiger charge is 2.16. The van der Waals surface area contributed by atoms with E-state index in [0.717, 1.165) is 60.4 Å². The zero-order valence-electron chi connectivity index (χ0n) is 25.5. The van der Waals surface area contributed by atoms with Crippen molar-refractivity contribution in [2.24, 2.45) is 20.0 Å². The summed E-state index contributed by atoms with van der Waals surface area (Å²) in [6.07, 6.45) is 0. The summed E-state index contributed by atoms with van der Waals surface area (Å²) in [5.74, 6) is 2.83. The largest absolute Gasteiger partial charge is 0.380 e. The Morgan fingerprint density at radius 1 is 0.375 bits per heavy atom. The van der Waals surface area contributed by atoms with Crippen LogP contribution in [0.5, 0.6) is 0 Å². The number of hydrogen-bond acceptors (Lipinski definition) is 5. The number of fused-ring (bicyclic) bond motifs is 20. The van der Waals surface area contributed by atoms with Crippen molar-refractivity contribution in [2.75, 3.05) is 5.32 Å². The highest BCUT2D eigenvalue weighted by molar-refractivity contribution is 6.07. The van der Waals surface area contributed by atoms with Crippen LogP contribution < -0.4 is 27.3 Å². The van der Waals surface area contributed by atoms with Gasteiger partial charge in [-0.05, 0) is 11.6 Å². The Labute approximate surface area is 272 Å². The lowest BCUT2D eigenvalue weighted by Crippen LogP contribution is -2.10. The van der Waals surface area contributed by atoms with E-state index in [2.05, 4.69) is 104 Å². The maximum absolute atomic E-state index is 5.26. The van der Waals surface area contributed by atoms with Gasteiger partial charge in [-0.3, -0.25) is 0 Å². The smallest absolute Gasteiger partial charge is 0.144 e. The van der Waals surface area contributed by atoms with Crippen molar-refractivity contribution in [1.29, 1.82) is 0 Å². The third kappa shape index (κ3) is 4.18. The molecule has 1 aliphatic rings. The molecule has 0 spiro atoms. The minimum Gasteiger partial charge on any atom is -0.380 e. The van der Waals surface area contributed by atoms with E-state index in [0.29, 0.717) is 40.1 Å².